The molecule has 0 atom stereocenters. The molecule has 0 bridgehead atoms. The maximum absolute atomic E-state index is 11.6. The number of hydrogen-bond acceptors (Lipinski definition) is 5. The zero-order chi connectivity index (χ0) is 9.97. The van der Waals surface area contributed by atoms with Crippen LogP contribution in [0.15, 0.2) is 4.63 Å². The molecule has 1 aliphatic heterocycles. The normalized spacial score (nSPS) is 16.1. The second-order valence-electron chi connectivity index (χ2n) is 3.36. The van der Waals surface area contributed by atoms with Gasteiger partial charge in [-0.1, -0.05) is 5.16 Å². The minimum absolute atomic E-state index is 0.0462. The lowest BCUT2D eigenvalue weighted by Crippen LogP contribution is -2.29. The summed E-state index contributed by atoms with van der Waals surface area (Å²) in [4.78, 5) is 13.4. The van der Waals surface area contributed by atoms with Crippen LogP contribution in [0.2, 0.25) is 0 Å². The molecule has 14 heavy (non-hydrogen) atoms. The first-order chi connectivity index (χ1) is 6.77. The number of nitrogens with two attached hydrogens (primary N) is 1. The molecular formula is C8H12N4O2. The molecule has 0 aromatic carbocycles. The maximum Gasteiger partial charge on any atom is 0.228 e. The van der Waals surface area contributed by atoms with Crippen LogP contribution in [0.1, 0.15) is 18.5 Å². The number of anilines is 1. The first-order valence-corrected chi connectivity index (χ1v) is 4.62. The number of nitrogens with zero attached hydrogens (tertiary/aromatic N) is 3. The first kappa shape index (κ1) is 8.98. The zero-order valence-electron chi connectivity index (χ0n) is 7.77. The molecule has 1 aliphatic rings. The van der Waals surface area contributed by atoms with Gasteiger partial charge in [0.25, 0.3) is 0 Å². The second kappa shape index (κ2) is 3.65. The highest BCUT2D eigenvalue weighted by molar-refractivity contribution is 5.79. The Balaban J connectivity index is 1.97. The van der Waals surface area contributed by atoms with Gasteiger partial charge in [0.15, 0.2) is 5.82 Å². The van der Waals surface area contributed by atoms with Crippen LogP contribution < -0.4 is 5.73 Å². The van der Waals surface area contributed by atoms with Crippen molar-refractivity contribution in [3.8, 4) is 0 Å². The number of rotatable bonds is 2. The summed E-state index contributed by atoms with van der Waals surface area (Å²) in [7, 11) is 0. The molecule has 1 amide bonds. The molecule has 0 spiro atoms. The van der Waals surface area contributed by atoms with Gasteiger partial charge in [-0.05, 0) is 18.0 Å². The van der Waals surface area contributed by atoms with Crippen molar-refractivity contribution in [2.24, 2.45) is 0 Å². The molecule has 6 nitrogen and oxygen atoms in total. The summed E-state index contributed by atoms with van der Waals surface area (Å²) in [6.45, 7) is 1.67. The van der Waals surface area contributed by atoms with Crippen LogP contribution in [0.25, 0.3) is 0 Å². The third kappa shape index (κ3) is 1.68. The smallest absolute Gasteiger partial charge is 0.228 e. The third-order valence-electron chi connectivity index (χ3n) is 2.36. The molecule has 0 saturated carbocycles. The van der Waals surface area contributed by atoms with E-state index >= 15 is 0 Å². The van der Waals surface area contributed by atoms with Gasteiger partial charge in [-0.3, -0.25) is 4.79 Å². The Labute approximate surface area is 81.0 Å². The summed E-state index contributed by atoms with van der Waals surface area (Å²) < 4.78 is 4.41. The SMILES string of the molecule is Nc1nonc1CC(=O)N1CCCC1. The second-order valence-corrected chi connectivity index (χ2v) is 3.36. The molecule has 6 heteroatoms. The minimum Gasteiger partial charge on any atom is -0.379 e. The Bertz CT molecular complexity index is 330. The standard InChI is InChI=1S/C8H12N4O2/c9-8-6(10-14-11-8)5-7(13)12-3-1-2-4-12/h1-5H2,(H2,9,11). The summed E-state index contributed by atoms with van der Waals surface area (Å²) in [6, 6.07) is 0. The van der Waals surface area contributed by atoms with Crippen LogP contribution in [0.5, 0.6) is 0 Å². The molecule has 1 aromatic rings. The topological polar surface area (TPSA) is 85.2 Å². The van der Waals surface area contributed by atoms with Crippen molar-refractivity contribution in [1.82, 2.24) is 15.2 Å². The zero-order valence-corrected chi connectivity index (χ0v) is 7.77. The first-order valence-electron chi connectivity index (χ1n) is 4.62. The van der Waals surface area contributed by atoms with Gasteiger partial charge in [0.1, 0.15) is 5.69 Å². The minimum atomic E-state index is 0.0462. The van der Waals surface area contributed by atoms with Crippen molar-refractivity contribution < 1.29 is 9.42 Å². The van der Waals surface area contributed by atoms with E-state index in [9.17, 15) is 4.79 Å². The highest BCUT2D eigenvalue weighted by Gasteiger charge is 2.20. The Kier molecular flexibility index (Phi) is 2.34. The van der Waals surface area contributed by atoms with Gasteiger partial charge >= 0.3 is 0 Å². The van der Waals surface area contributed by atoms with Crippen molar-refractivity contribution in [3.05, 3.63) is 5.69 Å². The van der Waals surface area contributed by atoms with E-state index in [-0.39, 0.29) is 18.1 Å². The van der Waals surface area contributed by atoms with Crippen molar-refractivity contribution in [2.75, 3.05) is 18.8 Å². The van der Waals surface area contributed by atoms with Crippen molar-refractivity contribution in [3.63, 3.8) is 0 Å². The van der Waals surface area contributed by atoms with Crippen LogP contribution >= 0.6 is 0 Å². The van der Waals surface area contributed by atoms with E-state index < -0.39 is 0 Å². The van der Waals surface area contributed by atoms with Gasteiger partial charge in [-0.2, -0.15) is 0 Å². The third-order valence-corrected chi connectivity index (χ3v) is 2.36. The highest BCUT2D eigenvalue weighted by atomic mass is 16.6. The van der Waals surface area contributed by atoms with E-state index in [4.69, 9.17) is 5.73 Å². The number of aromatic nitrogens is 2. The molecule has 1 fully saturated rings. The average molecular weight is 196 g/mol. The molecule has 2 heterocycles. The van der Waals surface area contributed by atoms with Crippen LogP contribution in [-0.2, 0) is 11.2 Å². The fraction of sp³-hybridized carbons (Fsp3) is 0.625. The van der Waals surface area contributed by atoms with Crippen LogP contribution in [-0.4, -0.2) is 34.2 Å². The van der Waals surface area contributed by atoms with Gasteiger partial charge in [-0.25, -0.2) is 4.63 Å². The monoisotopic (exact) mass is 196 g/mol. The van der Waals surface area contributed by atoms with Gasteiger partial charge in [0.05, 0.1) is 6.42 Å². The van der Waals surface area contributed by atoms with Crippen LogP contribution in [0.4, 0.5) is 5.82 Å². The lowest BCUT2D eigenvalue weighted by Gasteiger charge is -2.13. The number of likely N-dealkylation sites (tertiary alicyclic amines) is 1. The van der Waals surface area contributed by atoms with Gasteiger partial charge in [0, 0.05) is 13.1 Å². The molecule has 0 aliphatic carbocycles. The number of amides is 1. The van der Waals surface area contributed by atoms with E-state index in [0.717, 1.165) is 25.9 Å². The van der Waals surface area contributed by atoms with E-state index in [2.05, 4.69) is 14.9 Å². The van der Waals surface area contributed by atoms with Gasteiger partial charge in [-0.15, -0.1) is 0 Å². The highest BCUT2D eigenvalue weighted by Crippen LogP contribution is 2.11. The fourth-order valence-corrected chi connectivity index (χ4v) is 1.56. The summed E-state index contributed by atoms with van der Waals surface area (Å²) >= 11 is 0. The summed E-state index contributed by atoms with van der Waals surface area (Å²) in [5.74, 6) is 0.252. The quantitative estimate of drug-likeness (QED) is 0.709. The predicted molar refractivity (Wildman–Crippen MR) is 48.2 cm³/mol. The number of carbonyl (C=O) groups excluding carboxylic acids is 1. The summed E-state index contributed by atoms with van der Waals surface area (Å²) in [5, 5.41) is 6.99. The molecule has 2 N–H and O–H groups in total. The molecule has 76 valence electrons. The molecule has 2 rings (SSSR count). The Morgan fingerprint density at radius 1 is 1.43 bits per heavy atom. The Morgan fingerprint density at radius 2 is 2.14 bits per heavy atom. The number of hydrogen-bond donors (Lipinski definition) is 1. The molecule has 1 aromatic heterocycles. The Hall–Kier alpha value is -1.59. The Morgan fingerprint density at radius 3 is 2.71 bits per heavy atom. The molecule has 0 radical (unpaired) electrons. The van der Waals surface area contributed by atoms with E-state index in [0.29, 0.717) is 5.69 Å². The van der Waals surface area contributed by atoms with E-state index in [1.165, 1.54) is 0 Å². The molecule has 1 saturated heterocycles. The molecular weight excluding hydrogens is 184 g/mol. The number of nitrogen functional groups attached to an aromatic ring is 1. The largest absolute Gasteiger partial charge is 0.379 e. The van der Waals surface area contributed by atoms with Crippen molar-refractivity contribution in [1.29, 1.82) is 0 Å². The van der Waals surface area contributed by atoms with Gasteiger partial charge < -0.3 is 10.6 Å². The van der Waals surface area contributed by atoms with Crippen molar-refractivity contribution >= 4 is 11.7 Å². The lowest BCUT2D eigenvalue weighted by atomic mass is 10.3. The van der Waals surface area contributed by atoms with E-state index in [1.54, 1.807) is 0 Å². The fourth-order valence-electron chi connectivity index (χ4n) is 1.56. The summed E-state index contributed by atoms with van der Waals surface area (Å²) in [5.41, 5.74) is 5.88. The van der Waals surface area contributed by atoms with Crippen LogP contribution in [0, 0.1) is 0 Å². The van der Waals surface area contributed by atoms with Crippen LogP contribution in [0.3, 0.4) is 0 Å². The van der Waals surface area contributed by atoms with Crippen molar-refractivity contribution in [2.45, 2.75) is 19.3 Å². The van der Waals surface area contributed by atoms with E-state index in [1.807, 2.05) is 4.90 Å². The molecule has 0 unspecified atom stereocenters. The van der Waals surface area contributed by atoms with Gasteiger partial charge in [0.2, 0.25) is 5.91 Å². The average Bonchev–Trinajstić information content (AvgIpc) is 2.77. The maximum atomic E-state index is 11.6. The number of carbonyl (C=O) groups is 1. The summed E-state index contributed by atoms with van der Waals surface area (Å²) in [6.07, 6.45) is 2.35. The lowest BCUT2D eigenvalue weighted by molar-refractivity contribution is -0.129. The predicted octanol–water partition coefficient (Wildman–Crippen LogP) is -0.183.